The fourth-order valence-electron chi connectivity index (χ4n) is 1.96. The quantitative estimate of drug-likeness (QED) is 0.852. The van der Waals surface area contributed by atoms with Crippen LogP contribution in [0.15, 0.2) is 30.3 Å². The lowest BCUT2D eigenvalue weighted by Gasteiger charge is -2.17. The molecule has 0 bridgehead atoms. The van der Waals surface area contributed by atoms with Crippen LogP contribution in [-0.2, 0) is 11.2 Å². The molecule has 1 heterocycles. The van der Waals surface area contributed by atoms with Gasteiger partial charge in [0.05, 0.1) is 6.54 Å². The minimum atomic E-state index is 0.0108. The van der Waals surface area contributed by atoms with E-state index in [1.807, 2.05) is 37.1 Å². The second-order valence-electron chi connectivity index (χ2n) is 5.39. The third-order valence-corrected chi connectivity index (χ3v) is 4.26. The van der Waals surface area contributed by atoms with Crippen molar-refractivity contribution >= 4 is 22.6 Å². The van der Waals surface area contributed by atoms with Crippen LogP contribution in [0.2, 0.25) is 0 Å². The van der Waals surface area contributed by atoms with E-state index >= 15 is 0 Å². The molecule has 0 aliphatic carbocycles. The molecule has 0 aliphatic rings. The van der Waals surface area contributed by atoms with Crippen molar-refractivity contribution in [1.29, 1.82) is 0 Å². The van der Waals surface area contributed by atoms with Gasteiger partial charge in [0.25, 0.3) is 0 Å². The van der Waals surface area contributed by atoms with E-state index in [9.17, 15) is 4.79 Å². The second kappa shape index (κ2) is 7.89. The molecule has 1 N–H and O–H groups in total. The van der Waals surface area contributed by atoms with Crippen molar-refractivity contribution in [2.24, 2.45) is 0 Å². The van der Waals surface area contributed by atoms with E-state index in [-0.39, 0.29) is 11.9 Å². The molecule has 118 valence electrons. The maximum atomic E-state index is 11.9. The number of carbonyl (C=O) groups is 1. The summed E-state index contributed by atoms with van der Waals surface area (Å²) in [7, 11) is 1.86. The van der Waals surface area contributed by atoms with Crippen LogP contribution >= 0.6 is 11.5 Å². The molecule has 0 unspecified atom stereocenters. The van der Waals surface area contributed by atoms with Crippen LogP contribution in [0.25, 0.3) is 0 Å². The molecule has 0 saturated heterocycles. The minimum absolute atomic E-state index is 0.0108. The highest BCUT2D eigenvalue weighted by Gasteiger charge is 2.13. The Hall–Kier alpha value is -1.95. The van der Waals surface area contributed by atoms with Crippen LogP contribution in [0, 0.1) is 0 Å². The standard InChI is InChI=1S/C16H22N4OS/c1-4-12(2)17-15(21)11-20(3)16-18-14(19-22-16)10-13-8-6-5-7-9-13/h5-9,12H,4,10-11H2,1-3H3,(H,17,21)/t12-/m0/s1. The van der Waals surface area contributed by atoms with Crippen LogP contribution in [0.3, 0.4) is 0 Å². The Morgan fingerprint density at radius 2 is 2.09 bits per heavy atom. The zero-order valence-corrected chi connectivity index (χ0v) is 14.1. The lowest BCUT2D eigenvalue weighted by Crippen LogP contribution is -2.39. The molecule has 5 nitrogen and oxygen atoms in total. The predicted molar refractivity (Wildman–Crippen MR) is 90.3 cm³/mol. The SMILES string of the molecule is CC[C@H](C)NC(=O)CN(C)c1nc(Cc2ccccc2)ns1. The van der Waals surface area contributed by atoms with Crippen LogP contribution < -0.4 is 10.2 Å². The molecule has 0 saturated carbocycles. The first-order valence-electron chi connectivity index (χ1n) is 7.45. The number of benzene rings is 1. The Kier molecular flexibility index (Phi) is 5.89. The lowest BCUT2D eigenvalue weighted by molar-refractivity contribution is -0.120. The number of aromatic nitrogens is 2. The van der Waals surface area contributed by atoms with Gasteiger partial charge in [-0.05, 0) is 18.9 Å². The highest BCUT2D eigenvalue weighted by molar-refractivity contribution is 7.09. The summed E-state index contributed by atoms with van der Waals surface area (Å²) in [5.74, 6) is 0.803. The van der Waals surface area contributed by atoms with Crippen LogP contribution in [0.4, 0.5) is 5.13 Å². The zero-order chi connectivity index (χ0) is 15.9. The van der Waals surface area contributed by atoms with Crippen molar-refractivity contribution in [1.82, 2.24) is 14.7 Å². The summed E-state index contributed by atoms with van der Waals surface area (Å²) in [5.41, 5.74) is 1.18. The molecule has 1 aromatic carbocycles. The van der Waals surface area contributed by atoms with Gasteiger partial charge in [-0.2, -0.15) is 4.37 Å². The molecule has 1 amide bonds. The van der Waals surface area contributed by atoms with E-state index in [0.29, 0.717) is 13.0 Å². The summed E-state index contributed by atoms with van der Waals surface area (Å²) in [6, 6.07) is 10.3. The summed E-state index contributed by atoms with van der Waals surface area (Å²) in [6.07, 6.45) is 1.64. The van der Waals surface area contributed by atoms with Crippen molar-refractivity contribution in [3.05, 3.63) is 41.7 Å². The highest BCUT2D eigenvalue weighted by Crippen LogP contribution is 2.17. The summed E-state index contributed by atoms with van der Waals surface area (Å²) in [6.45, 7) is 4.35. The molecule has 0 radical (unpaired) electrons. The average Bonchev–Trinajstić information content (AvgIpc) is 2.96. The maximum absolute atomic E-state index is 11.9. The largest absolute Gasteiger partial charge is 0.352 e. The summed E-state index contributed by atoms with van der Waals surface area (Å²) < 4.78 is 4.37. The smallest absolute Gasteiger partial charge is 0.239 e. The van der Waals surface area contributed by atoms with Crippen molar-refractivity contribution in [2.75, 3.05) is 18.5 Å². The summed E-state index contributed by atoms with van der Waals surface area (Å²) >= 11 is 1.33. The topological polar surface area (TPSA) is 58.1 Å². The van der Waals surface area contributed by atoms with E-state index in [1.165, 1.54) is 17.1 Å². The molecule has 2 aromatic rings. The van der Waals surface area contributed by atoms with Gasteiger partial charge < -0.3 is 10.2 Å². The highest BCUT2D eigenvalue weighted by atomic mass is 32.1. The molecule has 1 aromatic heterocycles. The molecule has 2 rings (SSSR count). The van der Waals surface area contributed by atoms with E-state index < -0.39 is 0 Å². The van der Waals surface area contributed by atoms with Gasteiger partial charge in [-0.15, -0.1) is 0 Å². The number of rotatable bonds is 7. The van der Waals surface area contributed by atoms with Crippen molar-refractivity contribution in [2.45, 2.75) is 32.7 Å². The fourth-order valence-corrected chi connectivity index (χ4v) is 2.60. The molecular weight excluding hydrogens is 296 g/mol. The third-order valence-electron chi connectivity index (χ3n) is 3.39. The number of amides is 1. The summed E-state index contributed by atoms with van der Waals surface area (Å²) in [5, 5.41) is 3.72. The zero-order valence-electron chi connectivity index (χ0n) is 13.2. The predicted octanol–water partition coefficient (Wildman–Crippen LogP) is 2.48. The van der Waals surface area contributed by atoms with Gasteiger partial charge in [0, 0.05) is 31.0 Å². The second-order valence-corrected chi connectivity index (χ2v) is 6.12. The first-order chi connectivity index (χ1) is 10.6. The minimum Gasteiger partial charge on any atom is -0.352 e. The molecule has 22 heavy (non-hydrogen) atoms. The molecule has 0 aliphatic heterocycles. The van der Waals surface area contributed by atoms with E-state index in [4.69, 9.17) is 0 Å². The van der Waals surface area contributed by atoms with E-state index in [0.717, 1.165) is 17.4 Å². The van der Waals surface area contributed by atoms with Crippen molar-refractivity contribution < 1.29 is 4.79 Å². The number of nitrogens with one attached hydrogen (secondary N) is 1. The monoisotopic (exact) mass is 318 g/mol. The van der Waals surface area contributed by atoms with Crippen LogP contribution in [0.1, 0.15) is 31.7 Å². The molecular formula is C16H22N4OS. The van der Waals surface area contributed by atoms with Gasteiger partial charge in [-0.3, -0.25) is 4.79 Å². The number of hydrogen-bond acceptors (Lipinski definition) is 5. The number of nitrogens with zero attached hydrogens (tertiary/aromatic N) is 3. The van der Waals surface area contributed by atoms with Crippen LogP contribution in [-0.4, -0.2) is 34.9 Å². The van der Waals surface area contributed by atoms with E-state index in [2.05, 4.69) is 33.7 Å². The van der Waals surface area contributed by atoms with Crippen molar-refractivity contribution in [3.63, 3.8) is 0 Å². The van der Waals surface area contributed by atoms with Gasteiger partial charge in [0.2, 0.25) is 11.0 Å². The van der Waals surface area contributed by atoms with Crippen molar-refractivity contribution in [3.8, 4) is 0 Å². The Bertz CT molecular complexity index is 599. The van der Waals surface area contributed by atoms with Gasteiger partial charge >= 0.3 is 0 Å². The van der Waals surface area contributed by atoms with Gasteiger partial charge in [0.1, 0.15) is 5.82 Å². The van der Waals surface area contributed by atoms with E-state index in [1.54, 1.807) is 0 Å². The Labute approximate surface area is 135 Å². The number of anilines is 1. The van der Waals surface area contributed by atoms with Gasteiger partial charge in [0.15, 0.2) is 0 Å². The maximum Gasteiger partial charge on any atom is 0.239 e. The summed E-state index contributed by atoms with van der Waals surface area (Å²) in [4.78, 5) is 18.2. The Morgan fingerprint density at radius 1 is 1.36 bits per heavy atom. The average molecular weight is 318 g/mol. The molecule has 6 heteroatoms. The number of carbonyl (C=O) groups excluding carboxylic acids is 1. The first kappa shape index (κ1) is 16.4. The van der Waals surface area contributed by atoms with Gasteiger partial charge in [-0.1, -0.05) is 37.3 Å². The Balaban J connectivity index is 1.91. The number of likely N-dealkylation sites (N-methyl/N-ethyl adjacent to an activating group) is 1. The fraction of sp³-hybridized carbons (Fsp3) is 0.438. The lowest BCUT2D eigenvalue weighted by atomic mass is 10.1. The first-order valence-corrected chi connectivity index (χ1v) is 8.22. The molecule has 0 spiro atoms. The third kappa shape index (κ3) is 4.80. The van der Waals surface area contributed by atoms with Crippen LogP contribution in [0.5, 0.6) is 0 Å². The Morgan fingerprint density at radius 3 is 2.77 bits per heavy atom. The normalized spacial score (nSPS) is 12.0. The van der Waals surface area contributed by atoms with Gasteiger partial charge in [-0.25, -0.2) is 4.98 Å². The number of hydrogen-bond donors (Lipinski definition) is 1. The molecule has 0 fully saturated rings. The molecule has 1 atom stereocenters.